The number of nitro benzene ring substituents is 1. The van der Waals surface area contributed by atoms with Crippen LogP contribution in [-0.4, -0.2) is 118 Å². The molecule has 280 valence electrons. The normalized spacial score (nSPS) is 17.8. The van der Waals surface area contributed by atoms with Gasteiger partial charge in [-0.3, -0.25) is 14.9 Å². The van der Waals surface area contributed by atoms with Crippen LogP contribution in [0.25, 0.3) is 0 Å². The van der Waals surface area contributed by atoms with Crippen molar-refractivity contribution >= 4 is 11.5 Å². The van der Waals surface area contributed by atoms with Crippen LogP contribution in [0.3, 0.4) is 0 Å². The third-order valence-electron chi connectivity index (χ3n) is 7.96. The highest BCUT2D eigenvalue weighted by molar-refractivity contribution is 5.78. The summed E-state index contributed by atoms with van der Waals surface area (Å²) in [5.41, 5.74) is 0.939. The van der Waals surface area contributed by atoms with E-state index in [1.807, 2.05) is 0 Å². The van der Waals surface area contributed by atoms with E-state index in [0.29, 0.717) is 32.4 Å². The van der Waals surface area contributed by atoms with Gasteiger partial charge in [0.2, 0.25) is 0 Å². The van der Waals surface area contributed by atoms with Crippen LogP contribution >= 0.6 is 0 Å². The van der Waals surface area contributed by atoms with Gasteiger partial charge in [-0.05, 0) is 63.5 Å². The van der Waals surface area contributed by atoms with Crippen LogP contribution in [0.15, 0.2) is 48.6 Å². The van der Waals surface area contributed by atoms with Gasteiger partial charge in [0.25, 0.3) is 5.69 Å². The summed E-state index contributed by atoms with van der Waals surface area (Å²) < 4.78 is 0. The smallest absolute Gasteiger partial charge is 0.269 e. The van der Waals surface area contributed by atoms with Gasteiger partial charge in [0, 0.05) is 44.4 Å². The summed E-state index contributed by atoms with van der Waals surface area (Å²) in [6, 6.07) is 6.26. The Balaban J connectivity index is 2.20. The Hall–Kier alpha value is -2.63. The second-order valence-electron chi connectivity index (χ2n) is 12.8. The van der Waals surface area contributed by atoms with Crippen LogP contribution in [0.5, 0.6) is 0 Å². The van der Waals surface area contributed by atoms with Crippen molar-refractivity contribution in [3.8, 4) is 0 Å². The number of carbonyl (C=O) groups excluding carboxylic acids is 1. The van der Waals surface area contributed by atoms with Crippen LogP contribution in [0.1, 0.15) is 89.5 Å². The van der Waals surface area contributed by atoms with Gasteiger partial charge in [-0.15, -0.1) is 0 Å². The number of nitro groups is 1. The van der Waals surface area contributed by atoms with E-state index in [0.717, 1.165) is 5.56 Å². The van der Waals surface area contributed by atoms with E-state index < -0.39 is 59.9 Å². The van der Waals surface area contributed by atoms with Crippen molar-refractivity contribution in [1.82, 2.24) is 5.32 Å². The molecule has 9 atom stereocenters. The highest BCUT2D eigenvalue weighted by atomic mass is 16.6. The molecule has 0 saturated carbocycles. The standard InChI is InChI=1S/C35H58N2O12/c1-2-26(38)16-32(44)21-33(45)18-29(41)8-4-9-30(42)20-35(47)22-34(46)19-28(40)7-3-6-27(39)17-31(43)10-5-15-36-23-24-11-13-25(14-12-24)37(48)49/h3-4,7-8,11-14,27-36,39-47H,2,5-6,9-10,15-23H2,1H3. The number of hydrogen-bond acceptors (Lipinski definition) is 13. The molecule has 0 bridgehead atoms. The van der Waals surface area contributed by atoms with E-state index in [1.165, 1.54) is 30.4 Å². The van der Waals surface area contributed by atoms with Crippen molar-refractivity contribution in [2.75, 3.05) is 6.54 Å². The molecule has 0 aliphatic heterocycles. The molecule has 49 heavy (non-hydrogen) atoms. The van der Waals surface area contributed by atoms with Crippen LogP contribution in [0.4, 0.5) is 5.69 Å². The first-order valence-corrected chi connectivity index (χ1v) is 17.1. The van der Waals surface area contributed by atoms with Crippen molar-refractivity contribution in [3.63, 3.8) is 0 Å². The minimum Gasteiger partial charge on any atom is -0.393 e. The van der Waals surface area contributed by atoms with Gasteiger partial charge in [-0.25, -0.2) is 0 Å². The quantitative estimate of drug-likeness (QED) is 0.0257. The number of ketones is 1. The summed E-state index contributed by atoms with van der Waals surface area (Å²) in [4.78, 5) is 21.6. The third-order valence-corrected chi connectivity index (χ3v) is 7.96. The summed E-state index contributed by atoms with van der Waals surface area (Å²) in [5.74, 6) is -0.115. The Labute approximate surface area is 288 Å². The summed E-state index contributed by atoms with van der Waals surface area (Å²) in [6.07, 6.45) is -1.18. The summed E-state index contributed by atoms with van der Waals surface area (Å²) in [7, 11) is 0. The van der Waals surface area contributed by atoms with E-state index in [2.05, 4.69) is 5.32 Å². The van der Waals surface area contributed by atoms with Gasteiger partial charge in [0.1, 0.15) is 5.78 Å². The SMILES string of the molecule is CCC(=O)CC(O)CC(O)CC(O)C=CCC(O)CC(O)CC(O)CC(O)C=CCC(O)CC(O)CCCNCc1ccc([N+](=O)[O-])cc1. The lowest BCUT2D eigenvalue weighted by molar-refractivity contribution is -0.384. The van der Waals surface area contributed by atoms with Gasteiger partial charge < -0.3 is 51.3 Å². The average molecular weight is 699 g/mol. The fourth-order valence-electron chi connectivity index (χ4n) is 5.28. The van der Waals surface area contributed by atoms with Crippen LogP contribution in [0, 0.1) is 10.1 Å². The Kier molecular flexibility index (Phi) is 23.0. The van der Waals surface area contributed by atoms with Gasteiger partial charge in [-0.1, -0.05) is 43.4 Å². The van der Waals surface area contributed by atoms with Crippen molar-refractivity contribution < 1.29 is 55.7 Å². The maximum absolute atomic E-state index is 11.4. The third kappa shape index (κ3) is 22.7. The Morgan fingerprint density at radius 2 is 1.18 bits per heavy atom. The number of benzene rings is 1. The molecule has 0 amide bonds. The molecule has 0 heterocycles. The van der Waals surface area contributed by atoms with Crippen molar-refractivity contribution in [2.24, 2.45) is 0 Å². The second kappa shape index (κ2) is 25.3. The zero-order valence-corrected chi connectivity index (χ0v) is 28.4. The maximum atomic E-state index is 11.4. The molecule has 10 N–H and O–H groups in total. The summed E-state index contributed by atoms with van der Waals surface area (Å²) >= 11 is 0. The zero-order chi connectivity index (χ0) is 36.8. The molecule has 0 aliphatic carbocycles. The Morgan fingerprint density at radius 1 is 0.714 bits per heavy atom. The second-order valence-corrected chi connectivity index (χ2v) is 12.8. The number of nitrogens with one attached hydrogen (secondary N) is 1. The number of carbonyl (C=O) groups is 1. The number of non-ortho nitro benzene ring substituents is 1. The summed E-state index contributed by atoms with van der Waals surface area (Å²) in [6.45, 7) is 2.85. The first-order valence-electron chi connectivity index (χ1n) is 17.1. The van der Waals surface area contributed by atoms with E-state index >= 15 is 0 Å². The molecular weight excluding hydrogens is 640 g/mol. The minimum absolute atomic E-state index is 0.0331. The van der Waals surface area contributed by atoms with Gasteiger partial charge in [0.15, 0.2) is 0 Å². The fraction of sp³-hybridized carbons (Fsp3) is 0.686. The number of rotatable bonds is 28. The van der Waals surface area contributed by atoms with Crippen molar-refractivity contribution in [1.29, 1.82) is 0 Å². The largest absolute Gasteiger partial charge is 0.393 e. The van der Waals surface area contributed by atoms with Crippen LogP contribution in [-0.2, 0) is 11.3 Å². The highest BCUT2D eigenvalue weighted by Gasteiger charge is 2.19. The molecular formula is C35H58N2O12. The molecule has 9 unspecified atom stereocenters. The maximum Gasteiger partial charge on any atom is 0.269 e. The van der Waals surface area contributed by atoms with Crippen molar-refractivity contribution in [3.05, 3.63) is 64.2 Å². The Bertz CT molecular complexity index is 1100. The van der Waals surface area contributed by atoms with E-state index in [1.54, 1.807) is 25.1 Å². The lowest BCUT2D eigenvalue weighted by Gasteiger charge is -2.19. The van der Waals surface area contributed by atoms with Crippen molar-refractivity contribution in [2.45, 2.75) is 145 Å². The molecule has 0 aromatic heterocycles. The molecule has 0 aliphatic rings. The van der Waals surface area contributed by atoms with Crippen LogP contribution < -0.4 is 5.32 Å². The molecule has 1 rings (SSSR count). The topological polar surface area (TPSA) is 254 Å². The molecule has 0 radical (unpaired) electrons. The van der Waals surface area contributed by atoms with Gasteiger partial charge in [-0.2, -0.15) is 0 Å². The zero-order valence-electron chi connectivity index (χ0n) is 28.4. The van der Waals surface area contributed by atoms with Crippen LogP contribution in [0.2, 0.25) is 0 Å². The lowest BCUT2D eigenvalue weighted by atomic mass is 9.99. The fourth-order valence-corrected chi connectivity index (χ4v) is 5.28. The molecule has 14 nitrogen and oxygen atoms in total. The van der Waals surface area contributed by atoms with E-state index in [-0.39, 0.29) is 69.3 Å². The first kappa shape index (κ1) is 44.4. The van der Waals surface area contributed by atoms with E-state index in [4.69, 9.17) is 0 Å². The number of hydrogen-bond donors (Lipinski definition) is 10. The number of aliphatic hydroxyl groups is 9. The van der Waals surface area contributed by atoms with Gasteiger partial charge >= 0.3 is 0 Å². The predicted octanol–water partition coefficient (Wildman–Crippen LogP) is 1.32. The molecule has 14 heteroatoms. The molecule has 0 fully saturated rings. The van der Waals surface area contributed by atoms with Gasteiger partial charge in [0.05, 0.1) is 59.9 Å². The molecule has 1 aromatic carbocycles. The Morgan fingerprint density at radius 3 is 1.69 bits per heavy atom. The predicted molar refractivity (Wildman–Crippen MR) is 183 cm³/mol. The summed E-state index contributed by atoms with van der Waals surface area (Å²) in [5, 5.41) is 105. The number of aliphatic hydroxyl groups excluding tert-OH is 9. The number of Topliss-reactive ketones (excluding diaryl/α,β-unsaturated/α-hetero) is 1. The monoisotopic (exact) mass is 698 g/mol. The highest BCUT2D eigenvalue weighted by Crippen LogP contribution is 2.16. The molecule has 1 aromatic rings. The average Bonchev–Trinajstić information content (AvgIpc) is 3.00. The minimum atomic E-state index is -1.05. The molecule has 0 spiro atoms. The molecule has 0 saturated heterocycles. The van der Waals surface area contributed by atoms with E-state index in [9.17, 15) is 60.9 Å². The lowest BCUT2D eigenvalue weighted by Crippen LogP contribution is -2.25. The number of nitrogens with zero attached hydrogens (tertiary/aromatic N) is 1. The first-order chi connectivity index (χ1) is 23.2.